The van der Waals surface area contributed by atoms with Crippen molar-refractivity contribution in [3.8, 4) is 23.3 Å². The van der Waals surface area contributed by atoms with Gasteiger partial charge in [-0.25, -0.2) is 4.79 Å². The third-order valence-corrected chi connectivity index (χ3v) is 4.51. The van der Waals surface area contributed by atoms with Crippen LogP contribution >= 0.6 is 23.4 Å². The lowest BCUT2D eigenvalue weighted by atomic mass is 10.2. The van der Waals surface area contributed by atoms with Crippen molar-refractivity contribution < 1.29 is 19.1 Å². The number of aromatic nitrogens is 2. The van der Waals surface area contributed by atoms with Gasteiger partial charge in [0.2, 0.25) is 5.89 Å². The molecule has 0 aliphatic carbocycles. The van der Waals surface area contributed by atoms with Crippen LogP contribution in [-0.4, -0.2) is 27.9 Å². The number of nitrogens with zero attached hydrogens (tertiary/aromatic N) is 3. The highest BCUT2D eigenvalue weighted by Gasteiger charge is 2.17. The highest BCUT2D eigenvalue weighted by molar-refractivity contribution is 8.03. The van der Waals surface area contributed by atoms with E-state index in [-0.39, 0.29) is 22.6 Å². The van der Waals surface area contributed by atoms with Gasteiger partial charge in [-0.2, -0.15) is 5.26 Å². The Bertz CT molecular complexity index is 1060. The number of thioether (sulfide) groups is 1. The zero-order valence-electron chi connectivity index (χ0n) is 14.2. The van der Waals surface area contributed by atoms with Crippen LogP contribution in [0.15, 0.2) is 63.1 Å². The minimum absolute atomic E-state index is 0.0423. The SMILES string of the molecule is N#CCOc1ccccc1/C=C(\Sc1nnc(-c2ccc(Cl)cc2)o1)C(=O)O. The highest BCUT2D eigenvalue weighted by Crippen LogP contribution is 2.32. The monoisotopic (exact) mass is 413 g/mol. The van der Waals surface area contributed by atoms with Gasteiger partial charge in [-0.1, -0.05) is 29.8 Å². The minimum Gasteiger partial charge on any atom is -0.478 e. The van der Waals surface area contributed by atoms with E-state index in [4.69, 9.17) is 26.0 Å². The number of carboxylic acid groups (broad SMARTS) is 1. The summed E-state index contributed by atoms with van der Waals surface area (Å²) >= 11 is 6.68. The Morgan fingerprint density at radius 3 is 2.71 bits per heavy atom. The molecular formula is C19H12ClN3O4S. The second-order valence-corrected chi connectivity index (χ2v) is 6.71. The molecule has 3 rings (SSSR count). The van der Waals surface area contributed by atoms with E-state index in [0.717, 1.165) is 11.8 Å². The standard InChI is InChI=1S/C19H12ClN3O4S/c20-14-7-5-12(6-8-14)17-22-23-19(27-17)28-16(18(24)25)11-13-3-1-2-4-15(13)26-10-9-21/h1-8,11H,10H2,(H,24,25)/b16-11-. The number of hydrogen-bond acceptors (Lipinski definition) is 7. The van der Waals surface area contributed by atoms with Gasteiger partial charge in [0.05, 0.1) is 0 Å². The van der Waals surface area contributed by atoms with Crippen molar-refractivity contribution in [2.24, 2.45) is 0 Å². The summed E-state index contributed by atoms with van der Waals surface area (Å²) in [5.41, 5.74) is 1.18. The molecule has 0 atom stereocenters. The average Bonchev–Trinajstić information content (AvgIpc) is 3.16. The summed E-state index contributed by atoms with van der Waals surface area (Å²) in [5.74, 6) is -0.510. The van der Waals surface area contributed by atoms with Crippen LogP contribution in [-0.2, 0) is 4.79 Å². The molecule has 1 aromatic heterocycles. The topological polar surface area (TPSA) is 109 Å². The maximum Gasteiger partial charge on any atom is 0.342 e. The van der Waals surface area contributed by atoms with E-state index in [1.807, 2.05) is 6.07 Å². The summed E-state index contributed by atoms with van der Waals surface area (Å²) in [4.78, 5) is 11.6. The molecule has 0 spiro atoms. The van der Waals surface area contributed by atoms with E-state index in [1.54, 1.807) is 48.5 Å². The van der Waals surface area contributed by atoms with E-state index in [1.165, 1.54) is 6.08 Å². The van der Waals surface area contributed by atoms with E-state index in [2.05, 4.69) is 10.2 Å². The predicted molar refractivity (Wildman–Crippen MR) is 104 cm³/mol. The van der Waals surface area contributed by atoms with Gasteiger partial charge in [-0.05, 0) is 48.2 Å². The lowest BCUT2D eigenvalue weighted by Crippen LogP contribution is -1.99. The fraction of sp³-hybridized carbons (Fsp3) is 0.0526. The number of nitriles is 1. The van der Waals surface area contributed by atoms with Crippen molar-refractivity contribution in [3.63, 3.8) is 0 Å². The number of aliphatic carboxylic acids is 1. The van der Waals surface area contributed by atoms with Crippen molar-refractivity contribution in [3.05, 3.63) is 64.0 Å². The van der Waals surface area contributed by atoms with Gasteiger partial charge in [-0.3, -0.25) is 0 Å². The number of ether oxygens (including phenoxy) is 1. The van der Waals surface area contributed by atoms with Gasteiger partial charge in [0.25, 0.3) is 5.22 Å². The molecule has 0 unspecified atom stereocenters. The number of carbonyl (C=O) groups is 1. The first-order valence-electron chi connectivity index (χ1n) is 7.88. The maximum absolute atomic E-state index is 11.7. The fourth-order valence-electron chi connectivity index (χ4n) is 2.17. The van der Waals surface area contributed by atoms with Gasteiger partial charge in [-0.15, -0.1) is 10.2 Å². The smallest absolute Gasteiger partial charge is 0.342 e. The molecule has 7 nitrogen and oxygen atoms in total. The molecule has 1 N–H and O–H groups in total. The van der Waals surface area contributed by atoms with Gasteiger partial charge in [0.15, 0.2) is 6.61 Å². The Morgan fingerprint density at radius 2 is 2.00 bits per heavy atom. The van der Waals surface area contributed by atoms with Gasteiger partial charge < -0.3 is 14.3 Å². The molecule has 2 aromatic carbocycles. The van der Waals surface area contributed by atoms with Crippen molar-refractivity contribution in [2.75, 3.05) is 6.61 Å². The van der Waals surface area contributed by atoms with Crippen LogP contribution in [0.25, 0.3) is 17.5 Å². The van der Waals surface area contributed by atoms with E-state index >= 15 is 0 Å². The molecule has 0 saturated heterocycles. The summed E-state index contributed by atoms with van der Waals surface area (Å²) in [6.45, 7) is -0.144. The third kappa shape index (κ3) is 4.91. The molecule has 28 heavy (non-hydrogen) atoms. The van der Waals surface area contributed by atoms with Gasteiger partial charge in [0.1, 0.15) is 16.7 Å². The summed E-state index contributed by atoms with van der Waals surface area (Å²) in [5, 5.41) is 26.7. The van der Waals surface area contributed by atoms with E-state index < -0.39 is 5.97 Å². The molecule has 0 radical (unpaired) electrons. The number of para-hydroxylation sites is 1. The number of rotatable bonds is 7. The molecule has 9 heteroatoms. The highest BCUT2D eigenvalue weighted by atomic mass is 35.5. The second-order valence-electron chi connectivity index (χ2n) is 5.28. The normalized spacial score (nSPS) is 11.1. The molecule has 0 bridgehead atoms. The zero-order chi connectivity index (χ0) is 19.9. The Kier molecular flexibility index (Phi) is 6.32. The fourth-order valence-corrected chi connectivity index (χ4v) is 2.96. The molecule has 0 saturated carbocycles. The van der Waals surface area contributed by atoms with E-state index in [0.29, 0.717) is 21.9 Å². The van der Waals surface area contributed by atoms with Crippen LogP contribution in [0.2, 0.25) is 5.02 Å². The zero-order valence-corrected chi connectivity index (χ0v) is 15.8. The third-order valence-electron chi connectivity index (χ3n) is 3.40. The Morgan fingerprint density at radius 1 is 1.25 bits per heavy atom. The van der Waals surface area contributed by atoms with Crippen LogP contribution in [0.5, 0.6) is 5.75 Å². The predicted octanol–water partition coefficient (Wildman–Crippen LogP) is 4.51. The van der Waals surface area contributed by atoms with Crippen molar-refractivity contribution in [1.29, 1.82) is 5.26 Å². The summed E-state index contributed by atoms with van der Waals surface area (Å²) in [7, 11) is 0. The molecule has 0 aliphatic heterocycles. The van der Waals surface area contributed by atoms with Crippen molar-refractivity contribution in [2.45, 2.75) is 5.22 Å². The van der Waals surface area contributed by atoms with Gasteiger partial charge >= 0.3 is 5.97 Å². The first-order valence-corrected chi connectivity index (χ1v) is 9.07. The maximum atomic E-state index is 11.7. The van der Waals surface area contributed by atoms with Crippen molar-refractivity contribution >= 4 is 35.4 Å². The summed E-state index contributed by atoms with van der Waals surface area (Å²) in [6.07, 6.45) is 1.42. The number of benzene rings is 2. The number of hydrogen-bond donors (Lipinski definition) is 1. The van der Waals surface area contributed by atoms with Crippen LogP contribution in [0.1, 0.15) is 5.56 Å². The van der Waals surface area contributed by atoms with Crippen LogP contribution in [0, 0.1) is 11.3 Å². The molecule has 3 aromatic rings. The van der Waals surface area contributed by atoms with E-state index in [9.17, 15) is 9.90 Å². The first kappa shape index (κ1) is 19.5. The molecule has 140 valence electrons. The average molecular weight is 414 g/mol. The van der Waals surface area contributed by atoms with Crippen LogP contribution in [0.3, 0.4) is 0 Å². The van der Waals surface area contributed by atoms with Crippen LogP contribution in [0.4, 0.5) is 0 Å². The van der Waals surface area contributed by atoms with Crippen LogP contribution < -0.4 is 4.74 Å². The van der Waals surface area contributed by atoms with Crippen molar-refractivity contribution in [1.82, 2.24) is 10.2 Å². The summed E-state index contributed by atoms with van der Waals surface area (Å²) < 4.78 is 10.9. The largest absolute Gasteiger partial charge is 0.478 e. The Hall–Kier alpha value is -3.28. The molecular weight excluding hydrogens is 402 g/mol. The molecule has 1 heterocycles. The lowest BCUT2D eigenvalue weighted by molar-refractivity contribution is -0.131. The Balaban J connectivity index is 1.85. The Labute approximate surface area is 169 Å². The quantitative estimate of drug-likeness (QED) is 0.445. The minimum atomic E-state index is -1.16. The van der Waals surface area contributed by atoms with Gasteiger partial charge in [0, 0.05) is 16.1 Å². The summed E-state index contributed by atoms with van der Waals surface area (Å²) in [6, 6.07) is 15.5. The molecule has 0 fully saturated rings. The second kappa shape index (κ2) is 9.08. The number of carboxylic acids is 1. The lowest BCUT2D eigenvalue weighted by Gasteiger charge is -2.06. The molecule has 0 aliphatic rings. The number of halogens is 1. The first-order chi connectivity index (χ1) is 13.6. The molecule has 0 amide bonds.